The third kappa shape index (κ3) is 18.7. The van der Waals surface area contributed by atoms with Crippen molar-refractivity contribution in [1.29, 1.82) is 0 Å². The van der Waals surface area contributed by atoms with Crippen molar-refractivity contribution >= 4 is 0 Å². The number of hydrogen-bond acceptors (Lipinski definition) is 1. The summed E-state index contributed by atoms with van der Waals surface area (Å²) >= 11 is 1.55. The molecule has 0 N–H and O–H groups in total. The second kappa shape index (κ2) is 17.4. The Hall–Kier alpha value is 0.540. The molecule has 0 spiro atoms. The summed E-state index contributed by atoms with van der Waals surface area (Å²) in [5.74, 6) is 1.91. The van der Waals surface area contributed by atoms with Gasteiger partial charge in [-0.2, -0.15) is 32.6 Å². The minimum atomic E-state index is 0.231. The van der Waals surface area contributed by atoms with E-state index < -0.39 is 0 Å². The van der Waals surface area contributed by atoms with E-state index in [1.807, 2.05) is 0 Å². The van der Waals surface area contributed by atoms with Crippen LogP contribution in [0, 0.1) is 31.6 Å². The average Bonchev–Trinajstić information content (AvgIpc) is 2.59. The average molecular weight is 401 g/mol. The predicted octanol–water partition coefficient (Wildman–Crippen LogP) is 7.55. The zero-order valence-corrected chi connectivity index (χ0v) is 19.0. The Morgan fingerprint density at radius 2 is 1.48 bits per heavy atom. The normalized spacial score (nSPS) is 23.7. The van der Waals surface area contributed by atoms with E-state index >= 15 is 0 Å². The first-order valence-corrected chi connectivity index (χ1v) is 10.6. The van der Waals surface area contributed by atoms with Gasteiger partial charge in [-0.25, -0.2) is 0 Å². The van der Waals surface area contributed by atoms with E-state index in [2.05, 4.69) is 57.7 Å². The van der Waals surface area contributed by atoms with Gasteiger partial charge in [0.15, 0.2) is 0 Å². The molecule has 139 valence electrons. The first kappa shape index (κ1) is 25.8. The van der Waals surface area contributed by atoms with E-state index in [1.54, 1.807) is 27.8 Å². The smallest absolute Gasteiger partial charge is 0.0582 e. The first-order chi connectivity index (χ1) is 10.9. The van der Waals surface area contributed by atoms with Crippen LogP contribution in [-0.2, 0) is 20.9 Å². The van der Waals surface area contributed by atoms with Crippen LogP contribution in [0.15, 0.2) is 3.34 Å². The van der Waals surface area contributed by atoms with Crippen LogP contribution in [0.2, 0.25) is 0 Å². The summed E-state index contributed by atoms with van der Waals surface area (Å²) in [5.41, 5.74) is 0.231. The molecule has 0 saturated heterocycles. The molecule has 0 bridgehead atoms. The molecular formula is C21H42NNb-3. The monoisotopic (exact) mass is 401 g/mol. The van der Waals surface area contributed by atoms with Crippen LogP contribution >= 0.6 is 0 Å². The van der Waals surface area contributed by atoms with Gasteiger partial charge in [0.2, 0.25) is 0 Å². The minimum absolute atomic E-state index is 0.231. The van der Waals surface area contributed by atoms with E-state index in [0.717, 1.165) is 18.3 Å². The fourth-order valence-electron chi connectivity index (χ4n) is 2.51. The van der Waals surface area contributed by atoms with E-state index in [-0.39, 0.29) is 5.54 Å². The molecule has 2 rings (SSSR count). The molecule has 1 nitrogen and oxygen atoms in total. The van der Waals surface area contributed by atoms with Crippen LogP contribution in [0.25, 0.3) is 0 Å². The molecule has 2 aliphatic rings. The van der Waals surface area contributed by atoms with Crippen molar-refractivity contribution in [1.82, 2.24) is 0 Å². The summed E-state index contributed by atoms with van der Waals surface area (Å²) < 4.78 is 4.19. The van der Waals surface area contributed by atoms with Gasteiger partial charge in [-0.3, -0.25) is 0 Å². The maximum Gasteiger partial charge on any atom is -0.0582 e. The van der Waals surface area contributed by atoms with Gasteiger partial charge in [0, 0.05) is 0 Å². The molecule has 23 heavy (non-hydrogen) atoms. The summed E-state index contributed by atoms with van der Waals surface area (Å²) in [6.07, 6.45) is 17.2. The van der Waals surface area contributed by atoms with Crippen molar-refractivity contribution in [2.45, 2.75) is 105 Å². The Bertz CT molecular complexity index is 227. The van der Waals surface area contributed by atoms with Gasteiger partial charge >= 0.3 is 57.0 Å². The number of nitrogens with zero attached hydrogens (tertiary/aromatic N) is 1. The minimum Gasteiger partial charge on any atom is -0.346 e. The van der Waals surface area contributed by atoms with Gasteiger partial charge in [-0.15, -0.1) is 0 Å². The molecule has 2 fully saturated rings. The molecule has 2 heteroatoms. The third-order valence-corrected chi connectivity index (χ3v) is 5.73. The SMILES string of the molecule is CC1C[CH-]CC(C)C1.CCC(C)(C)[N]=[Nb].[CH-]1CCCCC1.[CH2-]C. The fraction of sp³-hybridized carbons (Fsp3) is 0.857. The van der Waals surface area contributed by atoms with Crippen LogP contribution in [0.3, 0.4) is 0 Å². The summed E-state index contributed by atoms with van der Waals surface area (Å²) in [4.78, 5) is 0. The van der Waals surface area contributed by atoms with Gasteiger partial charge < -0.3 is 19.8 Å². The van der Waals surface area contributed by atoms with Crippen molar-refractivity contribution in [3.05, 3.63) is 19.8 Å². The van der Waals surface area contributed by atoms with Crippen molar-refractivity contribution in [2.75, 3.05) is 0 Å². The third-order valence-electron chi connectivity index (χ3n) is 4.40. The molecule has 2 saturated carbocycles. The molecule has 0 radical (unpaired) electrons. The molecule has 0 aromatic heterocycles. The molecule has 2 unspecified atom stereocenters. The van der Waals surface area contributed by atoms with E-state index in [4.69, 9.17) is 0 Å². The quantitative estimate of drug-likeness (QED) is 0.335. The molecule has 2 atom stereocenters. The molecule has 2 aliphatic carbocycles. The second-order valence-corrected chi connectivity index (χ2v) is 7.89. The summed E-state index contributed by atoms with van der Waals surface area (Å²) in [6.45, 7) is 16.1. The Morgan fingerprint density at radius 3 is 1.61 bits per heavy atom. The molecule has 0 heterocycles. The predicted molar refractivity (Wildman–Crippen MR) is 102 cm³/mol. The van der Waals surface area contributed by atoms with E-state index in [9.17, 15) is 0 Å². The van der Waals surface area contributed by atoms with Gasteiger partial charge in [-0.1, -0.05) is 51.4 Å². The van der Waals surface area contributed by atoms with Gasteiger partial charge in [0.1, 0.15) is 0 Å². The van der Waals surface area contributed by atoms with Gasteiger partial charge in [0.25, 0.3) is 0 Å². The topological polar surface area (TPSA) is 12.4 Å². The molecule has 0 aromatic carbocycles. The standard InChI is InChI=1S/C8H15.C6H11.C5H11N.C2H5.Nb/c1-7-4-3-5-8(2)6-7;1-2-4-6-5-3-1;1-4-5(2,3)6;1-2;/h3,7-8H,4-6H2,1-2H3;1H,2-6H2;4H2,1-3H3;1H2,2H3;/q2*-1;;-1;. The molecule has 0 amide bonds. The van der Waals surface area contributed by atoms with Crippen LogP contribution in [-0.4, -0.2) is 5.54 Å². The maximum absolute atomic E-state index is 4.19. The van der Waals surface area contributed by atoms with Crippen molar-refractivity contribution in [3.63, 3.8) is 0 Å². The van der Waals surface area contributed by atoms with Gasteiger partial charge in [-0.05, 0) is 0 Å². The van der Waals surface area contributed by atoms with Crippen molar-refractivity contribution < 1.29 is 20.9 Å². The Labute approximate surface area is 160 Å². The fourth-order valence-corrected chi connectivity index (χ4v) is 2.86. The maximum atomic E-state index is 4.19. The molecule has 0 aliphatic heterocycles. The summed E-state index contributed by atoms with van der Waals surface area (Å²) in [7, 11) is 0. The summed E-state index contributed by atoms with van der Waals surface area (Å²) in [5, 5.41) is 0. The second-order valence-electron chi connectivity index (χ2n) is 7.40. The Kier molecular flexibility index (Phi) is 19.5. The number of hydrogen-bond donors (Lipinski definition) is 0. The van der Waals surface area contributed by atoms with Crippen molar-refractivity contribution in [3.8, 4) is 0 Å². The summed E-state index contributed by atoms with van der Waals surface area (Å²) in [6, 6.07) is 0. The Balaban J connectivity index is 0. The van der Waals surface area contributed by atoms with Gasteiger partial charge in [0.05, 0.1) is 0 Å². The number of rotatable bonds is 2. The van der Waals surface area contributed by atoms with Crippen LogP contribution in [0.5, 0.6) is 0 Å². The zero-order chi connectivity index (χ0) is 18.1. The molecule has 0 aromatic rings. The van der Waals surface area contributed by atoms with Crippen LogP contribution in [0.1, 0.15) is 99.3 Å². The van der Waals surface area contributed by atoms with E-state index in [0.29, 0.717) is 0 Å². The van der Waals surface area contributed by atoms with Crippen LogP contribution in [0.4, 0.5) is 0 Å². The molecular weight excluding hydrogens is 359 g/mol. The largest absolute Gasteiger partial charge is 0.346 e. The first-order valence-electron chi connectivity index (χ1n) is 9.61. The van der Waals surface area contributed by atoms with Crippen molar-refractivity contribution in [2.24, 2.45) is 15.2 Å². The van der Waals surface area contributed by atoms with Crippen LogP contribution < -0.4 is 0 Å². The zero-order valence-electron chi connectivity index (χ0n) is 16.8. The van der Waals surface area contributed by atoms with E-state index in [1.165, 1.54) is 51.4 Å². The Morgan fingerprint density at radius 1 is 1.00 bits per heavy atom.